The second-order valence-corrected chi connectivity index (χ2v) is 8.81. The molecule has 0 spiro atoms. The molecule has 26 heavy (non-hydrogen) atoms. The minimum atomic E-state index is -3.34. The monoisotopic (exact) mass is 373 g/mol. The van der Waals surface area contributed by atoms with E-state index in [2.05, 4.69) is 10.3 Å². The Morgan fingerprint density at radius 1 is 1.23 bits per heavy atom. The number of fused-ring (bicyclic) bond motifs is 1. The van der Waals surface area contributed by atoms with Gasteiger partial charge in [0.15, 0.2) is 0 Å². The Bertz CT molecular complexity index is 976. The van der Waals surface area contributed by atoms with Gasteiger partial charge in [-0.3, -0.25) is 14.1 Å². The number of rotatable bonds is 3. The zero-order valence-electron chi connectivity index (χ0n) is 15.6. The topological polar surface area (TPSA) is 79.4 Å². The summed E-state index contributed by atoms with van der Waals surface area (Å²) in [6, 6.07) is 6.93. The SMILES string of the molecule is Cc1cc(C)c(NC(=O)c2ccc3c(c2)CC(C)N3S(C)(=O)=O)c(C)n1. The van der Waals surface area contributed by atoms with Gasteiger partial charge in [-0.05, 0) is 69.5 Å². The molecular formula is C19H23N3O3S. The molecule has 1 unspecified atom stereocenters. The van der Waals surface area contributed by atoms with E-state index in [9.17, 15) is 13.2 Å². The van der Waals surface area contributed by atoms with Gasteiger partial charge in [0.05, 0.1) is 23.3 Å². The van der Waals surface area contributed by atoms with Crippen LogP contribution in [0.3, 0.4) is 0 Å². The average Bonchev–Trinajstić information content (AvgIpc) is 2.85. The van der Waals surface area contributed by atoms with E-state index < -0.39 is 10.0 Å². The lowest BCUT2D eigenvalue weighted by atomic mass is 10.1. The van der Waals surface area contributed by atoms with E-state index in [1.807, 2.05) is 33.8 Å². The van der Waals surface area contributed by atoms with E-state index in [0.717, 1.165) is 22.5 Å². The first-order valence-electron chi connectivity index (χ1n) is 8.46. The predicted molar refractivity (Wildman–Crippen MR) is 103 cm³/mol. The standard InChI is InChI=1S/C19H23N3O3S/c1-11-8-12(2)20-14(4)18(11)21-19(23)15-6-7-17-16(10-15)9-13(3)22(17)26(5,24)25/h6-8,10,13H,9H2,1-5H3,(H,21,23). The van der Waals surface area contributed by atoms with Crippen LogP contribution >= 0.6 is 0 Å². The number of carbonyl (C=O) groups excluding carboxylic acids is 1. The van der Waals surface area contributed by atoms with Crippen LogP contribution in [-0.4, -0.2) is 31.6 Å². The summed E-state index contributed by atoms with van der Waals surface area (Å²) in [6.07, 6.45) is 1.79. The lowest BCUT2D eigenvalue weighted by Gasteiger charge is -2.22. The Balaban J connectivity index is 1.91. The number of carbonyl (C=O) groups is 1. The zero-order chi connectivity index (χ0) is 19.2. The van der Waals surface area contributed by atoms with Gasteiger partial charge in [-0.25, -0.2) is 8.42 Å². The lowest BCUT2D eigenvalue weighted by Crippen LogP contribution is -2.34. The maximum atomic E-state index is 12.7. The van der Waals surface area contributed by atoms with Crippen LogP contribution in [0.15, 0.2) is 24.3 Å². The third-order valence-electron chi connectivity index (χ3n) is 4.62. The Hall–Kier alpha value is -2.41. The molecule has 7 heteroatoms. The molecule has 0 fully saturated rings. The van der Waals surface area contributed by atoms with E-state index in [1.54, 1.807) is 18.2 Å². The quantitative estimate of drug-likeness (QED) is 0.897. The number of amides is 1. The molecule has 0 saturated heterocycles. The van der Waals surface area contributed by atoms with E-state index in [-0.39, 0.29) is 11.9 Å². The number of hydrogen-bond donors (Lipinski definition) is 1. The van der Waals surface area contributed by atoms with Gasteiger partial charge in [-0.1, -0.05) is 0 Å². The average molecular weight is 373 g/mol. The smallest absolute Gasteiger partial charge is 0.255 e. The van der Waals surface area contributed by atoms with Crippen molar-refractivity contribution in [3.63, 3.8) is 0 Å². The number of aromatic nitrogens is 1. The molecule has 0 aliphatic carbocycles. The van der Waals surface area contributed by atoms with Crippen LogP contribution in [0.5, 0.6) is 0 Å². The van der Waals surface area contributed by atoms with Gasteiger partial charge in [0, 0.05) is 17.3 Å². The maximum absolute atomic E-state index is 12.7. The fourth-order valence-corrected chi connectivity index (χ4v) is 4.91. The molecule has 2 aromatic rings. The number of nitrogens with zero attached hydrogens (tertiary/aromatic N) is 2. The molecule has 0 radical (unpaired) electrons. The van der Waals surface area contributed by atoms with Crippen LogP contribution in [0.4, 0.5) is 11.4 Å². The second-order valence-electron chi connectivity index (χ2n) is 6.95. The Kier molecular flexibility index (Phi) is 4.52. The molecule has 1 aromatic heterocycles. The molecule has 1 atom stereocenters. The zero-order valence-corrected chi connectivity index (χ0v) is 16.4. The van der Waals surface area contributed by atoms with Crippen molar-refractivity contribution in [2.45, 2.75) is 40.2 Å². The largest absolute Gasteiger partial charge is 0.320 e. The molecule has 1 aliphatic heterocycles. The summed E-state index contributed by atoms with van der Waals surface area (Å²) in [5.41, 5.74) is 5.38. The maximum Gasteiger partial charge on any atom is 0.255 e. The Morgan fingerprint density at radius 2 is 1.92 bits per heavy atom. The number of sulfonamides is 1. The van der Waals surface area contributed by atoms with Crippen molar-refractivity contribution in [1.29, 1.82) is 0 Å². The number of aryl methyl sites for hydroxylation is 3. The normalized spacial score (nSPS) is 16.5. The van der Waals surface area contributed by atoms with Crippen LogP contribution in [-0.2, 0) is 16.4 Å². The van der Waals surface area contributed by atoms with Gasteiger partial charge in [0.25, 0.3) is 5.91 Å². The van der Waals surface area contributed by atoms with Crippen molar-refractivity contribution in [3.8, 4) is 0 Å². The molecule has 3 rings (SSSR count). The summed E-state index contributed by atoms with van der Waals surface area (Å²) in [7, 11) is -3.34. The summed E-state index contributed by atoms with van der Waals surface area (Å²) in [6.45, 7) is 7.59. The van der Waals surface area contributed by atoms with Crippen molar-refractivity contribution in [2.24, 2.45) is 0 Å². The fraction of sp³-hybridized carbons (Fsp3) is 0.368. The molecule has 6 nitrogen and oxygen atoms in total. The molecule has 1 aliphatic rings. The van der Waals surface area contributed by atoms with Crippen molar-refractivity contribution in [3.05, 3.63) is 52.3 Å². The highest BCUT2D eigenvalue weighted by molar-refractivity contribution is 7.92. The van der Waals surface area contributed by atoms with Crippen molar-refractivity contribution >= 4 is 27.3 Å². The van der Waals surface area contributed by atoms with Crippen LogP contribution in [0.1, 0.15) is 39.8 Å². The number of nitrogens with one attached hydrogen (secondary N) is 1. The van der Waals surface area contributed by atoms with Crippen molar-refractivity contribution in [1.82, 2.24) is 4.98 Å². The molecule has 1 amide bonds. The van der Waals surface area contributed by atoms with Gasteiger partial charge in [-0.2, -0.15) is 0 Å². The third-order valence-corrected chi connectivity index (χ3v) is 5.89. The van der Waals surface area contributed by atoms with Gasteiger partial charge in [-0.15, -0.1) is 0 Å². The fourth-order valence-electron chi connectivity index (χ4n) is 3.65. The molecule has 138 valence electrons. The highest BCUT2D eigenvalue weighted by atomic mass is 32.2. The van der Waals surface area contributed by atoms with Crippen LogP contribution in [0.25, 0.3) is 0 Å². The van der Waals surface area contributed by atoms with Crippen LogP contribution in [0.2, 0.25) is 0 Å². The highest BCUT2D eigenvalue weighted by Gasteiger charge is 2.32. The first-order valence-corrected chi connectivity index (χ1v) is 10.3. The van der Waals surface area contributed by atoms with Crippen molar-refractivity contribution in [2.75, 3.05) is 15.9 Å². The molecule has 0 saturated carbocycles. The minimum Gasteiger partial charge on any atom is -0.320 e. The summed E-state index contributed by atoms with van der Waals surface area (Å²) in [5.74, 6) is -0.227. The number of anilines is 2. The lowest BCUT2D eigenvalue weighted by molar-refractivity contribution is 0.102. The van der Waals surface area contributed by atoms with Crippen molar-refractivity contribution < 1.29 is 13.2 Å². The Morgan fingerprint density at radius 3 is 2.54 bits per heavy atom. The first-order chi connectivity index (χ1) is 12.1. The van der Waals surface area contributed by atoms with Gasteiger partial charge < -0.3 is 5.32 Å². The Labute approximate surface area is 154 Å². The summed E-state index contributed by atoms with van der Waals surface area (Å²) >= 11 is 0. The van der Waals surface area contributed by atoms with E-state index in [4.69, 9.17) is 0 Å². The number of benzene rings is 1. The summed E-state index contributed by atoms with van der Waals surface area (Å²) in [4.78, 5) is 17.1. The molecule has 1 N–H and O–H groups in total. The number of hydrogen-bond acceptors (Lipinski definition) is 4. The van der Waals surface area contributed by atoms with Crippen LogP contribution in [0, 0.1) is 20.8 Å². The van der Waals surface area contributed by atoms with Gasteiger partial charge in [0.1, 0.15) is 0 Å². The second kappa shape index (κ2) is 6.39. The predicted octanol–water partition coefficient (Wildman–Crippen LogP) is 2.97. The van der Waals surface area contributed by atoms with Gasteiger partial charge in [0.2, 0.25) is 10.0 Å². The molecule has 1 aromatic carbocycles. The minimum absolute atomic E-state index is 0.149. The summed E-state index contributed by atoms with van der Waals surface area (Å²) < 4.78 is 25.4. The third kappa shape index (κ3) is 3.31. The molecular weight excluding hydrogens is 350 g/mol. The molecule has 2 heterocycles. The van der Waals surface area contributed by atoms with Gasteiger partial charge >= 0.3 is 0 Å². The highest BCUT2D eigenvalue weighted by Crippen LogP contribution is 2.35. The van der Waals surface area contributed by atoms with Crippen LogP contribution < -0.4 is 9.62 Å². The number of pyridine rings is 1. The van der Waals surface area contributed by atoms with E-state index in [0.29, 0.717) is 23.4 Å². The molecule has 0 bridgehead atoms. The van der Waals surface area contributed by atoms with E-state index in [1.165, 1.54) is 10.6 Å². The summed E-state index contributed by atoms with van der Waals surface area (Å²) in [5, 5.41) is 2.93. The first kappa shape index (κ1) is 18.4. The van der Waals surface area contributed by atoms with E-state index >= 15 is 0 Å².